The Labute approximate surface area is 151 Å². The molecule has 0 saturated carbocycles. The normalized spacial score (nSPS) is 11.2. The molecule has 0 aliphatic carbocycles. The number of carbonyl (C=O) groups is 1. The quantitative estimate of drug-likeness (QED) is 0.540. The number of anilines is 1. The monoisotopic (exact) mass is 355 g/mol. The van der Waals surface area contributed by atoms with Gasteiger partial charge in [0.2, 0.25) is 5.91 Å². The second-order valence-corrected chi connectivity index (χ2v) is 6.92. The number of hydrogen-bond donors (Lipinski definition) is 1. The van der Waals surface area contributed by atoms with Crippen molar-refractivity contribution in [2.75, 3.05) is 17.2 Å². The second kappa shape index (κ2) is 7.65. The van der Waals surface area contributed by atoms with Crippen LogP contribution in [0.5, 0.6) is 0 Å². The minimum Gasteiger partial charge on any atom is -0.341 e. The van der Waals surface area contributed by atoms with Gasteiger partial charge in [-0.05, 0) is 30.5 Å². The van der Waals surface area contributed by atoms with Crippen molar-refractivity contribution in [3.63, 3.8) is 0 Å². The van der Waals surface area contributed by atoms with E-state index in [0.29, 0.717) is 23.9 Å². The van der Waals surface area contributed by atoms with Crippen molar-refractivity contribution >= 4 is 34.5 Å². The molecule has 0 atom stereocenters. The van der Waals surface area contributed by atoms with Gasteiger partial charge >= 0.3 is 0 Å². The summed E-state index contributed by atoms with van der Waals surface area (Å²) in [5, 5.41) is 0.738. The third kappa shape index (κ3) is 3.82. The van der Waals surface area contributed by atoms with Gasteiger partial charge in [-0.1, -0.05) is 37.7 Å². The van der Waals surface area contributed by atoms with Gasteiger partial charge in [0, 0.05) is 12.2 Å². The third-order valence-corrected chi connectivity index (χ3v) is 4.98. The molecule has 1 N–H and O–H groups in total. The van der Waals surface area contributed by atoms with E-state index < -0.39 is 0 Å². The standard InChI is InChI=1S/C18H21N5OS/c1-4-23(14-7-5-13(6-8-14)12(2)3)15(24)9-25-18-16-17(20-10-19-16)21-11-22-18/h5-8,10-12H,4,9H2,1-3H3,(H,19,20,21,22). The Morgan fingerprint density at radius 1 is 1.20 bits per heavy atom. The molecule has 7 heteroatoms. The summed E-state index contributed by atoms with van der Waals surface area (Å²) in [6, 6.07) is 8.20. The molecule has 2 aromatic heterocycles. The summed E-state index contributed by atoms with van der Waals surface area (Å²) in [6.07, 6.45) is 3.05. The fourth-order valence-electron chi connectivity index (χ4n) is 2.60. The predicted octanol–water partition coefficient (Wildman–Crippen LogP) is 3.62. The van der Waals surface area contributed by atoms with Crippen LogP contribution in [0, 0.1) is 0 Å². The first kappa shape index (κ1) is 17.4. The zero-order valence-electron chi connectivity index (χ0n) is 14.6. The highest BCUT2D eigenvalue weighted by Crippen LogP contribution is 2.24. The molecular weight excluding hydrogens is 334 g/mol. The third-order valence-electron chi connectivity index (χ3n) is 4.01. The summed E-state index contributed by atoms with van der Waals surface area (Å²) in [6.45, 7) is 6.93. The van der Waals surface area contributed by atoms with E-state index in [4.69, 9.17) is 0 Å². The van der Waals surface area contributed by atoms with Gasteiger partial charge in [0.25, 0.3) is 0 Å². The Kier molecular flexibility index (Phi) is 5.33. The van der Waals surface area contributed by atoms with Crippen molar-refractivity contribution in [2.45, 2.75) is 31.7 Å². The fourth-order valence-corrected chi connectivity index (χ4v) is 3.43. The SMILES string of the molecule is CCN(C(=O)CSc1ncnc2nc[nH]c12)c1ccc(C(C)C)cc1. The lowest BCUT2D eigenvalue weighted by Crippen LogP contribution is -2.32. The van der Waals surface area contributed by atoms with Crippen LogP contribution in [-0.2, 0) is 4.79 Å². The lowest BCUT2D eigenvalue weighted by molar-refractivity contribution is -0.116. The number of H-pyrrole nitrogens is 1. The number of aromatic amines is 1. The maximum absolute atomic E-state index is 12.7. The highest BCUT2D eigenvalue weighted by molar-refractivity contribution is 8.00. The number of thioether (sulfide) groups is 1. The molecule has 2 heterocycles. The van der Waals surface area contributed by atoms with Crippen LogP contribution in [0.3, 0.4) is 0 Å². The summed E-state index contributed by atoms with van der Waals surface area (Å²) in [5.41, 5.74) is 3.57. The molecule has 0 bridgehead atoms. The number of nitrogens with one attached hydrogen (secondary N) is 1. The Hall–Kier alpha value is -2.41. The number of nitrogens with zero attached hydrogens (tertiary/aromatic N) is 4. The van der Waals surface area contributed by atoms with Gasteiger partial charge in [0.1, 0.15) is 16.9 Å². The summed E-state index contributed by atoms with van der Waals surface area (Å²) in [5.74, 6) is 0.839. The van der Waals surface area contributed by atoms with Crippen molar-refractivity contribution in [1.82, 2.24) is 19.9 Å². The number of rotatable bonds is 6. The van der Waals surface area contributed by atoms with E-state index in [0.717, 1.165) is 16.2 Å². The Bertz CT molecular complexity index is 859. The molecular formula is C18H21N5OS. The first-order valence-electron chi connectivity index (χ1n) is 8.27. The maximum Gasteiger partial charge on any atom is 0.237 e. The van der Waals surface area contributed by atoms with E-state index >= 15 is 0 Å². The molecule has 0 fully saturated rings. The minimum absolute atomic E-state index is 0.0519. The number of fused-ring (bicyclic) bond motifs is 1. The highest BCUT2D eigenvalue weighted by atomic mass is 32.2. The maximum atomic E-state index is 12.7. The molecule has 0 unspecified atom stereocenters. The number of aromatic nitrogens is 4. The lowest BCUT2D eigenvalue weighted by Gasteiger charge is -2.21. The van der Waals surface area contributed by atoms with Crippen LogP contribution in [-0.4, -0.2) is 38.1 Å². The number of carbonyl (C=O) groups excluding carboxylic acids is 1. The van der Waals surface area contributed by atoms with Gasteiger partial charge in [-0.15, -0.1) is 0 Å². The fraction of sp³-hybridized carbons (Fsp3) is 0.333. The molecule has 3 rings (SSSR count). The van der Waals surface area contributed by atoms with Crippen LogP contribution in [0.4, 0.5) is 5.69 Å². The lowest BCUT2D eigenvalue weighted by atomic mass is 10.0. The van der Waals surface area contributed by atoms with E-state index in [-0.39, 0.29) is 5.91 Å². The Balaban J connectivity index is 1.71. The van der Waals surface area contributed by atoms with Gasteiger partial charge in [0.05, 0.1) is 12.1 Å². The van der Waals surface area contributed by atoms with E-state index in [9.17, 15) is 4.79 Å². The van der Waals surface area contributed by atoms with E-state index in [1.807, 2.05) is 19.1 Å². The molecule has 0 aliphatic heterocycles. The molecule has 1 amide bonds. The number of imidazole rings is 1. The predicted molar refractivity (Wildman–Crippen MR) is 101 cm³/mol. The number of benzene rings is 1. The van der Waals surface area contributed by atoms with Crippen molar-refractivity contribution in [3.05, 3.63) is 42.5 Å². The molecule has 6 nitrogen and oxygen atoms in total. The molecule has 0 radical (unpaired) electrons. The summed E-state index contributed by atoms with van der Waals surface area (Å²) >= 11 is 1.40. The molecule has 0 aliphatic rings. The van der Waals surface area contributed by atoms with Crippen LogP contribution in [0.1, 0.15) is 32.3 Å². The molecule has 1 aromatic carbocycles. The van der Waals surface area contributed by atoms with Gasteiger partial charge in [-0.3, -0.25) is 4.79 Å². The Morgan fingerprint density at radius 2 is 1.96 bits per heavy atom. The first-order chi connectivity index (χ1) is 12.1. The Morgan fingerprint density at radius 3 is 2.64 bits per heavy atom. The second-order valence-electron chi connectivity index (χ2n) is 5.95. The first-order valence-corrected chi connectivity index (χ1v) is 9.26. The van der Waals surface area contributed by atoms with E-state index in [1.54, 1.807) is 11.2 Å². The average Bonchev–Trinajstić information content (AvgIpc) is 3.10. The van der Waals surface area contributed by atoms with Gasteiger partial charge in [0.15, 0.2) is 5.65 Å². The zero-order chi connectivity index (χ0) is 17.8. The van der Waals surface area contributed by atoms with Gasteiger partial charge in [-0.25, -0.2) is 15.0 Å². The van der Waals surface area contributed by atoms with Crippen molar-refractivity contribution in [1.29, 1.82) is 0 Å². The van der Waals surface area contributed by atoms with E-state index in [1.165, 1.54) is 23.7 Å². The van der Waals surface area contributed by atoms with Gasteiger partial charge in [-0.2, -0.15) is 0 Å². The van der Waals surface area contributed by atoms with Crippen LogP contribution in [0.2, 0.25) is 0 Å². The molecule has 130 valence electrons. The average molecular weight is 355 g/mol. The number of hydrogen-bond acceptors (Lipinski definition) is 5. The van der Waals surface area contributed by atoms with E-state index in [2.05, 4.69) is 45.9 Å². The largest absolute Gasteiger partial charge is 0.341 e. The summed E-state index contributed by atoms with van der Waals surface area (Å²) in [7, 11) is 0. The van der Waals surface area contributed by atoms with Gasteiger partial charge < -0.3 is 9.88 Å². The number of amides is 1. The van der Waals surface area contributed by atoms with Crippen molar-refractivity contribution in [3.8, 4) is 0 Å². The molecule has 0 saturated heterocycles. The van der Waals surface area contributed by atoms with Crippen LogP contribution in [0.25, 0.3) is 11.2 Å². The zero-order valence-corrected chi connectivity index (χ0v) is 15.4. The molecule has 3 aromatic rings. The van der Waals surface area contributed by atoms with Crippen molar-refractivity contribution < 1.29 is 4.79 Å². The van der Waals surface area contributed by atoms with Crippen LogP contribution in [0.15, 0.2) is 41.9 Å². The molecule has 25 heavy (non-hydrogen) atoms. The topological polar surface area (TPSA) is 74.8 Å². The summed E-state index contributed by atoms with van der Waals surface area (Å²) in [4.78, 5) is 29.9. The molecule has 0 spiro atoms. The smallest absolute Gasteiger partial charge is 0.237 e. The summed E-state index contributed by atoms with van der Waals surface area (Å²) < 4.78 is 0. The van der Waals surface area contributed by atoms with Crippen molar-refractivity contribution in [2.24, 2.45) is 0 Å². The highest BCUT2D eigenvalue weighted by Gasteiger charge is 2.16. The van der Waals surface area contributed by atoms with Crippen LogP contribution >= 0.6 is 11.8 Å². The minimum atomic E-state index is 0.0519. The van der Waals surface area contributed by atoms with Crippen LogP contribution < -0.4 is 4.90 Å².